The SMILES string of the molecule is O=C(O)NC1(c2ccc(-c3nc4c(cc3-c3ccccc3)-n3c(nnc3C(F)(F)F)CO4)cc2)CCC1. The lowest BCUT2D eigenvalue weighted by Gasteiger charge is -2.42. The van der Waals surface area contributed by atoms with Crippen molar-refractivity contribution in [3.05, 3.63) is 77.9 Å². The van der Waals surface area contributed by atoms with Gasteiger partial charge in [0, 0.05) is 11.1 Å². The first-order valence-corrected chi connectivity index (χ1v) is 11.6. The maximum absolute atomic E-state index is 13.7. The van der Waals surface area contributed by atoms with Crippen molar-refractivity contribution in [2.75, 3.05) is 0 Å². The van der Waals surface area contributed by atoms with Crippen molar-refractivity contribution in [2.45, 2.75) is 37.6 Å². The van der Waals surface area contributed by atoms with E-state index in [-0.39, 0.29) is 24.0 Å². The predicted octanol–water partition coefficient (Wildman–Crippen LogP) is 5.55. The number of nitrogens with one attached hydrogen (secondary N) is 1. The van der Waals surface area contributed by atoms with Crippen LogP contribution < -0.4 is 10.1 Å². The monoisotopic (exact) mass is 507 g/mol. The highest BCUT2D eigenvalue weighted by atomic mass is 19.4. The van der Waals surface area contributed by atoms with Crippen LogP contribution in [0.15, 0.2) is 60.7 Å². The zero-order valence-corrected chi connectivity index (χ0v) is 19.3. The molecule has 11 heteroatoms. The quantitative estimate of drug-likeness (QED) is 0.375. The molecule has 0 spiro atoms. The van der Waals surface area contributed by atoms with Crippen LogP contribution >= 0.6 is 0 Å². The van der Waals surface area contributed by atoms with Crippen LogP contribution in [0.4, 0.5) is 18.0 Å². The molecule has 1 amide bonds. The molecule has 1 aliphatic carbocycles. The summed E-state index contributed by atoms with van der Waals surface area (Å²) in [7, 11) is 0. The minimum atomic E-state index is -4.71. The molecule has 188 valence electrons. The van der Waals surface area contributed by atoms with Gasteiger partial charge in [0.25, 0.3) is 0 Å². The fourth-order valence-corrected chi connectivity index (χ4v) is 4.96. The van der Waals surface area contributed by atoms with E-state index in [0.29, 0.717) is 29.7 Å². The van der Waals surface area contributed by atoms with Gasteiger partial charge >= 0.3 is 12.3 Å². The highest BCUT2D eigenvalue weighted by molar-refractivity contribution is 5.83. The first-order chi connectivity index (χ1) is 17.7. The van der Waals surface area contributed by atoms with Gasteiger partial charge in [0.2, 0.25) is 11.7 Å². The molecule has 0 bridgehead atoms. The van der Waals surface area contributed by atoms with E-state index < -0.39 is 23.6 Å². The van der Waals surface area contributed by atoms with Crippen LogP contribution in [0.3, 0.4) is 0 Å². The summed E-state index contributed by atoms with van der Waals surface area (Å²) in [5.74, 6) is -1.06. The molecule has 0 unspecified atom stereocenters. The first kappa shape index (κ1) is 23.0. The number of hydrogen-bond acceptors (Lipinski definition) is 5. The standard InChI is InChI=1S/C26H20F3N5O3/c27-26(28,29)23-33-32-20-14-37-22-19(34(20)23)13-18(15-5-2-1-3-6-15)21(30-22)16-7-9-17(10-8-16)25(11-4-12-25)31-24(35)36/h1-3,5-10,13,31H,4,11-12,14H2,(H,35,36). The van der Waals surface area contributed by atoms with Gasteiger partial charge < -0.3 is 15.2 Å². The molecule has 8 nitrogen and oxygen atoms in total. The van der Waals surface area contributed by atoms with E-state index in [4.69, 9.17) is 4.74 Å². The Morgan fingerprint density at radius 3 is 2.38 bits per heavy atom. The lowest BCUT2D eigenvalue weighted by Crippen LogP contribution is -2.50. The van der Waals surface area contributed by atoms with E-state index in [0.717, 1.165) is 22.1 Å². The fourth-order valence-electron chi connectivity index (χ4n) is 4.96. The van der Waals surface area contributed by atoms with Crippen LogP contribution in [0, 0.1) is 0 Å². The van der Waals surface area contributed by atoms with Crippen LogP contribution in [-0.2, 0) is 18.3 Å². The van der Waals surface area contributed by atoms with Crippen molar-refractivity contribution in [3.8, 4) is 34.0 Å². The second-order valence-electron chi connectivity index (χ2n) is 9.08. The number of benzene rings is 2. The Morgan fingerprint density at radius 1 is 1.03 bits per heavy atom. The molecule has 1 saturated carbocycles. The Bertz CT molecular complexity index is 1500. The second-order valence-corrected chi connectivity index (χ2v) is 9.08. The normalized spacial score (nSPS) is 15.6. The van der Waals surface area contributed by atoms with E-state index in [1.807, 2.05) is 54.6 Å². The number of amides is 1. The molecule has 6 rings (SSSR count). The molecule has 37 heavy (non-hydrogen) atoms. The number of hydrogen-bond donors (Lipinski definition) is 2. The molecular formula is C26H20F3N5O3. The lowest BCUT2D eigenvalue weighted by molar-refractivity contribution is -0.146. The van der Waals surface area contributed by atoms with Gasteiger partial charge in [-0.3, -0.25) is 4.57 Å². The van der Waals surface area contributed by atoms with Crippen molar-refractivity contribution in [1.29, 1.82) is 0 Å². The van der Waals surface area contributed by atoms with Gasteiger partial charge in [0.1, 0.15) is 5.69 Å². The summed E-state index contributed by atoms with van der Waals surface area (Å²) in [4.78, 5) is 16.0. The third-order valence-electron chi connectivity index (χ3n) is 6.88. The molecular weight excluding hydrogens is 487 g/mol. The largest absolute Gasteiger partial charge is 0.468 e. The van der Waals surface area contributed by atoms with E-state index >= 15 is 0 Å². The Labute approximate surface area is 208 Å². The average molecular weight is 507 g/mol. The second kappa shape index (κ2) is 8.32. The predicted molar refractivity (Wildman–Crippen MR) is 126 cm³/mol. The number of alkyl halides is 3. The van der Waals surface area contributed by atoms with E-state index in [1.54, 1.807) is 6.07 Å². The van der Waals surface area contributed by atoms with Crippen LogP contribution in [-0.4, -0.2) is 30.9 Å². The molecule has 1 fully saturated rings. The Morgan fingerprint density at radius 2 is 1.76 bits per heavy atom. The first-order valence-electron chi connectivity index (χ1n) is 11.6. The van der Waals surface area contributed by atoms with Gasteiger partial charge in [-0.25, -0.2) is 9.78 Å². The molecule has 3 heterocycles. The summed E-state index contributed by atoms with van der Waals surface area (Å²) in [6.07, 6.45) is -3.43. The number of carboxylic acid groups (broad SMARTS) is 1. The van der Waals surface area contributed by atoms with E-state index in [9.17, 15) is 23.1 Å². The summed E-state index contributed by atoms with van der Waals surface area (Å²) in [5, 5.41) is 19.0. The van der Waals surface area contributed by atoms with Crippen LogP contribution in [0.25, 0.3) is 28.1 Å². The van der Waals surface area contributed by atoms with Gasteiger partial charge in [-0.15, -0.1) is 10.2 Å². The smallest absolute Gasteiger partial charge is 0.452 e. The third kappa shape index (κ3) is 3.87. The Balaban J connectivity index is 1.49. The van der Waals surface area contributed by atoms with Crippen LogP contribution in [0.2, 0.25) is 0 Å². The van der Waals surface area contributed by atoms with Crippen molar-refractivity contribution in [3.63, 3.8) is 0 Å². The minimum absolute atomic E-state index is 0.0365. The maximum Gasteiger partial charge on any atom is 0.452 e. The topological polar surface area (TPSA) is 102 Å². The Hall–Kier alpha value is -4.41. The number of pyridine rings is 1. The number of fused-ring (bicyclic) bond motifs is 3. The summed E-state index contributed by atoms with van der Waals surface area (Å²) in [6.45, 7) is -0.199. The van der Waals surface area contributed by atoms with Gasteiger partial charge in [-0.05, 0) is 36.5 Å². The number of halogens is 3. The number of ether oxygens (including phenoxy) is 1. The number of carbonyl (C=O) groups is 1. The van der Waals surface area contributed by atoms with Gasteiger partial charge in [-0.1, -0.05) is 54.6 Å². The summed E-state index contributed by atoms with van der Waals surface area (Å²) >= 11 is 0. The molecule has 2 aromatic heterocycles. The molecule has 2 N–H and O–H groups in total. The van der Waals surface area contributed by atoms with Crippen molar-refractivity contribution in [1.82, 2.24) is 25.1 Å². The zero-order chi connectivity index (χ0) is 25.8. The molecule has 2 aromatic carbocycles. The lowest BCUT2D eigenvalue weighted by atomic mass is 9.71. The zero-order valence-electron chi connectivity index (χ0n) is 19.3. The van der Waals surface area contributed by atoms with Crippen molar-refractivity contribution < 1.29 is 27.8 Å². The number of nitrogens with zero attached hydrogens (tertiary/aromatic N) is 4. The van der Waals surface area contributed by atoms with Crippen LogP contribution in [0.5, 0.6) is 5.88 Å². The van der Waals surface area contributed by atoms with Crippen molar-refractivity contribution in [2.24, 2.45) is 0 Å². The summed E-state index contributed by atoms with van der Waals surface area (Å²) in [5.41, 5.74) is 2.94. The third-order valence-corrected chi connectivity index (χ3v) is 6.88. The maximum atomic E-state index is 13.7. The summed E-state index contributed by atoms with van der Waals surface area (Å²) in [6, 6.07) is 18.2. The molecule has 0 atom stereocenters. The fraction of sp³-hybridized carbons (Fsp3) is 0.231. The van der Waals surface area contributed by atoms with Gasteiger partial charge in [0.15, 0.2) is 12.4 Å². The molecule has 1 aliphatic heterocycles. The molecule has 0 saturated heterocycles. The van der Waals surface area contributed by atoms with Crippen LogP contribution in [0.1, 0.15) is 36.5 Å². The minimum Gasteiger partial charge on any atom is -0.468 e. The summed E-state index contributed by atoms with van der Waals surface area (Å²) < 4.78 is 47.7. The highest BCUT2D eigenvalue weighted by Crippen LogP contribution is 2.44. The number of rotatable bonds is 4. The van der Waals surface area contributed by atoms with E-state index in [2.05, 4.69) is 20.5 Å². The van der Waals surface area contributed by atoms with E-state index in [1.165, 1.54) is 0 Å². The highest BCUT2D eigenvalue weighted by Gasteiger charge is 2.42. The van der Waals surface area contributed by atoms with Gasteiger partial charge in [-0.2, -0.15) is 13.2 Å². The molecule has 4 aromatic rings. The Kier molecular flexibility index (Phi) is 5.18. The molecule has 2 aliphatic rings. The molecule has 0 radical (unpaired) electrons. The number of aromatic nitrogens is 4. The van der Waals surface area contributed by atoms with Gasteiger partial charge in [0.05, 0.1) is 11.2 Å². The van der Waals surface area contributed by atoms with Crippen molar-refractivity contribution >= 4 is 6.09 Å². The average Bonchev–Trinajstić information content (AvgIpc) is 3.32.